The number of carbonyl (C=O) groups is 1. The van der Waals surface area contributed by atoms with E-state index in [0.717, 1.165) is 18.7 Å². The smallest absolute Gasteiger partial charge is 0.274 e. The van der Waals surface area contributed by atoms with Crippen LogP contribution in [0.4, 0.5) is 5.69 Å². The molecule has 21 heavy (non-hydrogen) atoms. The minimum Gasteiger partial charge on any atom is -0.395 e. The molecule has 0 aromatic carbocycles. The topological polar surface area (TPSA) is 87.0 Å². The van der Waals surface area contributed by atoms with E-state index in [9.17, 15) is 4.79 Å². The zero-order valence-electron chi connectivity index (χ0n) is 12.9. The number of nitrogens with zero attached hydrogens (tertiary/aromatic N) is 2. The van der Waals surface area contributed by atoms with Crippen molar-refractivity contribution in [1.82, 2.24) is 20.4 Å². The van der Waals surface area contributed by atoms with E-state index in [0.29, 0.717) is 17.4 Å². The van der Waals surface area contributed by atoms with E-state index < -0.39 is 0 Å². The van der Waals surface area contributed by atoms with Crippen LogP contribution in [0.3, 0.4) is 0 Å². The van der Waals surface area contributed by atoms with E-state index in [-0.39, 0.29) is 17.9 Å². The molecule has 1 aromatic heterocycles. The fraction of sp³-hybridized carbons (Fsp3) is 0.733. The Hall–Kier alpha value is -1.56. The largest absolute Gasteiger partial charge is 0.395 e. The second kappa shape index (κ2) is 5.67. The quantitative estimate of drug-likeness (QED) is 0.787. The molecule has 6 heteroatoms. The van der Waals surface area contributed by atoms with Crippen molar-refractivity contribution in [3.63, 3.8) is 0 Å². The predicted octanol–water partition coefficient (Wildman–Crippen LogP) is 1.47. The molecule has 0 bridgehead atoms. The lowest BCUT2D eigenvalue weighted by atomic mass is 9.99. The van der Waals surface area contributed by atoms with Crippen LogP contribution in [-0.2, 0) is 0 Å². The van der Waals surface area contributed by atoms with Gasteiger partial charge in [0.15, 0.2) is 5.69 Å². The molecular formula is C15H25N5O. The van der Waals surface area contributed by atoms with Crippen LogP contribution in [0.2, 0.25) is 0 Å². The molecule has 0 spiro atoms. The van der Waals surface area contributed by atoms with Gasteiger partial charge in [-0.2, -0.15) is 5.10 Å². The third-order valence-electron chi connectivity index (χ3n) is 4.80. The number of nitrogens with one attached hydrogen (secondary N) is 2. The number of aromatic amines is 1. The predicted molar refractivity (Wildman–Crippen MR) is 82.2 cm³/mol. The average Bonchev–Trinajstić information content (AvgIpc) is 3.03. The van der Waals surface area contributed by atoms with Gasteiger partial charge in [-0.05, 0) is 31.7 Å². The summed E-state index contributed by atoms with van der Waals surface area (Å²) in [5, 5.41) is 10.1. The maximum absolute atomic E-state index is 12.4. The molecule has 3 rings (SSSR count). The maximum Gasteiger partial charge on any atom is 0.274 e. The third-order valence-corrected chi connectivity index (χ3v) is 4.80. The number of amides is 1. The molecule has 0 saturated carbocycles. The number of nitrogens with two attached hydrogens (primary N) is 1. The molecule has 0 radical (unpaired) electrons. The minimum absolute atomic E-state index is 0.145. The van der Waals surface area contributed by atoms with Crippen molar-refractivity contribution in [1.29, 1.82) is 0 Å². The van der Waals surface area contributed by atoms with Crippen molar-refractivity contribution in [2.75, 3.05) is 18.8 Å². The van der Waals surface area contributed by atoms with Crippen LogP contribution in [0, 0.1) is 0 Å². The number of fused-ring (bicyclic) bond motifs is 1. The summed E-state index contributed by atoms with van der Waals surface area (Å²) >= 11 is 0. The summed E-state index contributed by atoms with van der Waals surface area (Å²) in [5.41, 5.74) is 7.71. The van der Waals surface area contributed by atoms with E-state index in [4.69, 9.17) is 5.73 Å². The van der Waals surface area contributed by atoms with Crippen LogP contribution in [0.25, 0.3) is 0 Å². The van der Waals surface area contributed by atoms with E-state index in [1.54, 1.807) is 0 Å². The van der Waals surface area contributed by atoms with E-state index in [1.807, 2.05) is 13.8 Å². The van der Waals surface area contributed by atoms with Gasteiger partial charge in [-0.3, -0.25) is 14.8 Å². The number of rotatable bonds is 3. The highest BCUT2D eigenvalue weighted by Crippen LogP contribution is 2.28. The van der Waals surface area contributed by atoms with Gasteiger partial charge in [0.2, 0.25) is 0 Å². The van der Waals surface area contributed by atoms with Gasteiger partial charge in [0, 0.05) is 18.6 Å². The Labute approximate surface area is 125 Å². The normalized spacial score (nSPS) is 26.0. The van der Waals surface area contributed by atoms with Gasteiger partial charge in [-0.1, -0.05) is 20.3 Å². The first-order valence-electron chi connectivity index (χ1n) is 7.96. The number of H-pyrrole nitrogens is 1. The molecular weight excluding hydrogens is 266 g/mol. The standard InChI is InChI=1S/C15H25N5O/c1-9(2)13-12(16)14(19-18-13)15(21)17-10-6-8-20-7-4-3-5-11(10)20/h9-11H,3-8,16H2,1-2H3,(H,17,21)(H,18,19). The Morgan fingerprint density at radius 2 is 2.19 bits per heavy atom. The van der Waals surface area contributed by atoms with Crippen molar-refractivity contribution >= 4 is 11.6 Å². The number of carbonyl (C=O) groups excluding carboxylic acids is 1. The third kappa shape index (κ3) is 2.64. The fourth-order valence-electron chi connectivity index (χ4n) is 3.63. The highest BCUT2D eigenvalue weighted by molar-refractivity contribution is 5.97. The van der Waals surface area contributed by atoms with Crippen LogP contribution < -0.4 is 11.1 Å². The Morgan fingerprint density at radius 1 is 1.38 bits per heavy atom. The molecule has 2 unspecified atom stereocenters. The Balaban J connectivity index is 1.69. The molecule has 1 aromatic rings. The first-order chi connectivity index (χ1) is 10.1. The summed E-state index contributed by atoms with van der Waals surface area (Å²) < 4.78 is 0. The van der Waals surface area contributed by atoms with Gasteiger partial charge in [-0.15, -0.1) is 0 Å². The van der Waals surface area contributed by atoms with E-state index in [2.05, 4.69) is 20.4 Å². The second-order valence-corrected chi connectivity index (χ2v) is 6.52. The molecule has 116 valence electrons. The number of anilines is 1. The van der Waals surface area contributed by atoms with Crippen LogP contribution in [0.5, 0.6) is 0 Å². The first kappa shape index (κ1) is 14.4. The van der Waals surface area contributed by atoms with Crippen LogP contribution >= 0.6 is 0 Å². The van der Waals surface area contributed by atoms with Crippen LogP contribution in [-0.4, -0.2) is 46.2 Å². The zero-order chi connectivity index (χ0) is 15.0. The van der Waals surface area contributed by atoms with Crippen molar-refractivity contribution in [2.24, 2.45) is 0 Å². The molecule has 4 N–H and O–H groups in total. The molecule has 2 aliphatic heterocycles. The fourth-order valence-corrected chi connectivity index (χ4v) is 3.63. The summed E-state index contributed by atoms with van der Waals surface area (Å²) in [6.45, 7) is 6.31. The number of hydrogen-bond acceptors (Lipinski definition) is 4. The number of nitrogen functional groups attached to an aromatic ring is 1. The number of hydrogen-bond donors (Lipinski definition) is 3. The second-order valence-electron chi connectivity index (χ2n) is 6.52. The summed E-state index contributed by atoms with van der Waals surface area (Å²) in [7, 11) is 0. The van der Waals surface area contributed by atoms with Crippen LogP contribution in [0.15, 0.2) is 0 Å². The van der Waals surface area contributed by atoms with Gasteiger partial charge in [-0.25, -0.2) is 0 Å². The van der Waals surface area contributed by atoms with E-state index in [1.165, 1.54) is 25.8 Å². The monoisotopic (exact) mass is 291 g/mol. The Kier molecular flexibility index (Phi) is 3.89. The molecule has 6 nitrogen and oxygen atoms in total. The zero-order valence-corrected chi connectivity index (χ0v) is 12.9. The highest BCUT2D eigenvalue weighted by atomic mass is 16.2. The lowest BCUT2D eigenvalue weighted by molar-refractivity contribution is 0.0911. The Bertz CT molecular complexity index is 524. The summed E-state index contributed by atoms with van der Waals surface area (Å²) in [6.07, 6.45) is 4.74. The molecule has 2 aliphatic rings. The lowest BCUT2D eigenvalue weighted by Gasteiger charge is -2.32. The number of aromatic nitrogens is 2. The molecule has 2 saturated heterocycles. The maximum atomic E-state index is 12.4. The van der Waals surface area contributed by atoms with Crippen molar-refractivity contribution in [3.8, 4) is 0 Å². The van der Waals surface area contributed by atoms with Crippen molar-refractivity contribution in [3.05, 3.63) is 11.4 Å². The highest BCUT2D eigenvalue weighted by Gasteiger charge is 2.36. The molecule has 2 atom stereocenters. The summed E-state index contributed by atoms with van der Waals surface area (Å²) in [5.74, 6) is 0.0902. The molecule has 0 aliphatic carbocycles. The SMILES string of the molecule is CC(C)c1[nH]nc(C(=O)NC2CCN3CCCCC23)c1N. The minimum atomic E-state index is -0.145. The molecule has 2 fully saturated rings. The summed E-state index contributed by atoms with van der Waals surface area (Å²) in [6, 6.07) is 0.726. The van der Waals surface area contributed by atoms with Crippen molar-refractivity contribution < 1.29 is 4.79 Å². The van der Waals surface area contributed by atoms with Crippen molar-refractivity contribution in [2.45, 2.75) is 57.5 Å². The molecule has 1 amide bonds. The average molecular weight is 291 g/mol. The van der Waals surface area contributed by atoms with Gasteiger partial charge < -0.3 is 11.1 Å². The molecule has 3 heterocycles. The Morgan fingerprint density at radius 3 is 2.90 bits per heavy atom. The van der Waals surface area contributed by atoms with Gasteiger partial charge in [0.05, 0.1) is 11.4 Å². The van der Waals surface area contributed by atoms with Gasteiger partial charge >= 0.3 is 0 Å². The summed E-state index contributed by atoms with van der Waals surface area (Å²) in [4.78, 5) is 14.9. The van der Waals surface area contributed by atoms with Gasteiger partial charge in [0.1, 0.15) is 0 Å². The number of piperidine rings is 1. The van der Waals surface area contributed by atoms with Gasteiger partial charge in [0.25, 0.3) is 5.91 Å². The first-order valence-corrected chi connectivity index (χ1v) is 7.96. The van der Waals surface area contributed by atoms with E-state index >= 15 is 0 Å². The van der Waals surface area contributed by atoms with Crippen LogP contribution in [0.1, 0.15) is 61.6 Å². The lowest BCUT2D eigenvalue weighted by Crippen LogP contribution is -2.47.